The van der Waals surface area contributed by atoms with Crippen LogP contribution >= 0.6 is 0 Å². The number of nitrogens with one attached hydrogen (secondary N) is 1. The molecule has 0 aromatic heterocycles. The third kappa shape index (κ3) is 3.87. The number of hydrogen-bond acceptors (Lipinski definition) is 4. The van der Waals surface area contributed by atoms with Crippen molar-refractivity contribution in [3.8, 4) is 0 Å². The first-order chi connectivity index (χ1) is 7.43. The van der Waals surface area contributed by atoms with Gasteiger partial charge in [-0.25, -0.2) is 8.42 Å². The van der Waals surface area contributed by atoms with Crippen LogP contribution in [0.15, 0.2) is 0 Å². The highest BCUT2D eigenvalue weighted by molar-refractivity contribution is 7.91. The Morgan fingerprint density at radius 2 is 2.06 bits per heavy atom. The number of piperidine rings is 1. The molecule has 0 aliphatic carbocycles. The third-order valence-corrected chi connectivity index (χ3v) is 5.26. The van der Waals surface area contributed by atoms with Crippen LogP contribution in [0.25, 0.3) is 0 Å². The second kappa shape index (κ2) is 5.77. The summed E-state index contributed by atoms with van der Waals surface area (Å²) in [7, 11) is -3.08. The summed E-state index contributed by atoms with van der Waals surface area (Å²) in [6.45, 7) is 4.17. The number of carbonyl (C=O) groups is 1. The van der Waals surface area contributed by atoms with E-state index in [4.69, 9.17) is 0 Å². The number of carbonyl (C=O) groups excluding carboxylic acids is 1. The van der Waals surface area contributed by atoms with Crippen molar-refractivity contribution in [3.05, 3.63) is 0 Å². The first-order valence-electron chi connectivity index (χ1n) is 5.91. The number of Topliss-reactive ketones (excluding diaryl/α,β-unsaturated/α-hetero) is 1. The molecule has 0 bridgehead atoms. The maximum Gasteiger partial charge on any atom is 0.153 e. The van der Waals surface area contributed by atoms with E-state index in [9.17, 15) is 13.2 Å². The molecule has 0 amide bonds. The summed E-state index contributed by atoms with van der Waals surface area (Å²) in [6, 6.07) is -0.115. The lowest BCUT2D eigenvalue weighted by atomic mass is 10.00. The zero-order valence-electron chi connectivity index (χ0n) is 10.0. The highest BCUT2D eigenvalue weighted by Gasteiger charge is 2.23. The fraction of sp³-hybridized carbons (Fsp3) is 0.909. The van der Waals surface area contributed by atoms with Crippen LogP contribution in [0.1, 0.15) is 39.5 Å². The molecule has 0 aromatic rings. The average molecular weight is 247 g/mol. The maximum absolute atomic E-state index is 11.7. The first kappa shape index (κ1) is 13.6. The normalized spacial score (nSPS) is 22.3. The van der Waals surface area contributed by atoms with E-state index in [2.05, 4.69) is 5.32 Å². The summed E-state index contributed by atoms with van der Waals surface area (Å²) in [5, 5.41) is 2.75. The first-order valence-corrected chi connectivity index (χ1v) is 7.62. The third-order valence-electron chi connectivity index (χ3n) is 3.05. The molecule has 1 aliphatic heterocycles. The summed E-state index contributed by atoms with van der Waals surface area (Å²) >= 11 is 0. The Bertz CT molecular complexity index is 329. The molecule has 4 nitrogen and oxygen atoms in total. The van der Waals surface area contributed by atoms with Crippen molar-refractivity contribution in [3.63, 3.8) is 0 Å². The van der Waals surface area contributed by atoms with Crippen molar-refractivity contribution in [2.75, 3.05) is 12.3 Å². The van der Waals surface area contributed by atoms with Crippen LogP contribution < -0.4 is 5.32 Å². The maximum atomic E-state index is 11.7. The van der Waals surface area contributed by atoms with Crippen LogP contribution in [-0.4, -0.2) is 37.8 Å². The van der Waals surface area contributed by atoms with Gasteiger partial charge >= 0.3 is 0 Å². The van der Waals surface area contributed by atoms with Crippen molar-refractivity contribution >= 4 is 15.6 Å². The van der Waals surface area contributed by atoms with Gasteiger partial charge in [0.2, 0.25) is 0 Å². The van der Waals surface area contributed by atoms with Gasteiger partial charge in [0.1, 0.15) is 0 Å². The zero-order valence-corrected chi connectivity index (χ0v) is 10.8. The van der Waals surface area contributed by atoms with Gasteiger partial charge in [0, 0.05) is 6.42 Å². The van der Waals surface area contributed by atoms with E-state index < -0.39 is 9.84 Å². The predicted molar refractivity (Wildman–Crippen MR) is 64.2 cm³/mol. The van der Waals surface area contributed by atoms with E-state index in [0.717, 1.165) is 25.8 Å². The molecule has 16 heavy (non-hydrogen) atoms. The smallest absolute Gasteiger partial charge is 0.153 e. The Morgan fingerprint density at radius 1 is 1.38 bits per heavy atom. The lowest BCUT2D eigenvalue weighted by Gasteiger charge is -2.22. The number of ketones is 1. The molecular weight excluding hydrogens is 226 g/mol. The minimum absolute atomic E-state index is 0.0122. The summed E-state index contributed by atoms with van der Waals surface area (Å²) in [5.74, 6) is 0.0331. The molecule has 0 aromatic carbocycles. The van der Waals surface area contributed by atoms with Gasteiger partial charge < -0.3 is 5.32 Å². The molecule has 1 fully saturated rings. The standard InChI is InChI=1S/C11H21NO3S/c1-9(2)16(14,15)8-6-11(13)10-5-3-4-7-12-10/h9-10,12H,3-8H2,1-2H3. The molecule has 0 radical (unpaired) electrons. The highest BCUT2D eigenvalue weighted by atomic mass is 32.2. The van der Waals surface area contributed by atoms with Gasteiger partial charge in [-0.05, 0) is 33.2 Å². The van der Waals surface area contributed by atoms with Crippen LogP contribution in [0.5, 0.6) is 0 Å². The highest BCUT2D eigenvalue weighted by Crippen LogP contribution is 2.11. The number of rotatable bonds is 5. The molecule has 1 rings (SSSR count). The topological polar surface area (TPSA) is 63.2 Å². The average Bonchev–Trinajstić information content (AvgIpc) is 2.27. The Labute approximate surface area is 97.7 Å². The van der Waals surface area contributed by atoms with Crippen LogP contribution in [-0.2, 0) is 14.6 Å². The van der Waals surface area contributed by atoms with E-state index in [1.165, 1.54) is 0 Å². The van der Waals surface area contributed by atoms with E-state index in [1.807, 2.05) is 0 Å². The zero-order chi connectivity index (χ0) is 12.2. The summed E-state index contributed by atoms with van der Waals surface area (Å²) in [5.41, 5.74) is 0. The van der Waals surface area contributed by atoms with E-state index >= 15 is 0 Å². The second-order valence-corrected chi connectivity index (χ2v) is 7.31. The molecule has 0 saturated carbocycles. The molecule has 1 unspecified atom stereocenters. The van der Waals surface area contributed by atoms with Crippen molar-refractivity contribution in [1.82, 2.24) is 5.32 Å². The molecule has 5 heteroatoms. The lowest BCUT2D eigenvalue weighted by molar-refractivity contribution is -0.121. The Kier molecular flexibility index (Phi) is 4.92. The Balaban J connectivity index is 2.40. The monoisotopic (exact) mass is 247 g/mol. The molecule has 0 spiro atoms. The number of sulfone groups is 1. The van der Waals surface area contributed by atoms with Crippen LogP contribution in [0.2, 0.25) is 0 Å². The fourth-order valence-corrected chi connectivity index (χ4v) is 2.74. The van der Waals surface area contributed by atoms with Crippen molar-refractivity contribution < 1.29 is 13.2 Å². The minimum Gasteiger partial charge on any atom is -0.307 e. The molecule has 1 saturated heterocycles. The summed E-state index contributed by atoms with van der Waals surface area (Å²) in [4.78, 5) is 11.7. The van der Waals surface area contributed by atoms with E-state index in [1.54, 1.807) is 13.8 Å². The van der Waals surface area contributed by atoms with Gasteiger partial charge in [0.25, 0.3) is 0 Å². The van der Waals surface area contributed by atoms with Crippen molar-refractivity contribution in [2.45, 2.75) is 50.8 Å². The van der Waals surface area contributed by atoms with Crippen LogP contribution in [0, 0.1) is 0 Å². The van der Waals surface area contributed by atoms with Gasteiger partial charge in [-0.1, -0.05) is 6.42 Å². The van der Waals surface area contributed by atoms with Crippen molar-refractivity contribution in [1.29, 1.82) is 0 Å². The summed E-state index contributed by atoms with van der Waals surface area (Å²) < 4.78 is 23.1. The Morgan fingerprint density at radius 3 is 2.56 bits per heavy atom. The Hall–Kier alpha value is -0.420. The van der Waals surface area contributed by atoms with Gasteiger partial charge in [0.05, 0.1) is 17.0 Å². The molecular formula is C11H21NO3S. The quantitative estimate of drug-likeness (QED) is 0.784. The molecule has 1 N–H and O–H groups in total. The molecule has 1 heterocycles. The lowest BCUT2D eigenvalue weighted by Crippen LogP contribution is -2.41. The van der Waals surface area contributed by atoms with E-state index in [-0.39, 0.29) is 29.2 Å². The van der Waals surface area contributed by atoms with Crippen LogP contribution in [0.4, 0.5) is 0 Å². The van der Waals surface area contributed by atoms with Gasteiger partial charge in [-0.3, -0.25) is 4.79 Å². The largest absolute Gasteiger partial charge is 0.307 e. The van der Waals surface area contributed by atoms with E-state index in [0.29, 0.717) is 0 Å². The minimum atomic E-state index is -3.08. The van der Waals surface area contributed by atoms with Crippen molar-refractivity contribution in [2.24, 2.45) is 0 Å². The fourth-order valence-electron chi connectivity index (χ4n) is 1.78. The molecule has 94 valence electrons. The second-order valence-electron chi connectivity index (χ2n) is 4.63. The van der Waals surface area contributed by atoms with Crippen LogP contribution in [0.3, 0.4) is 0 Å². The molecule has 1 atom stereocenters. The summed E-state index contributed by atoms with van der Waals surface area (Å²) in [6.07, 6.45) is 3.16. The van der Waals surface area contributed by atoms with Gasteiger partial charge in [-0.2, -0.15) is 0 Å². The van der Waals surface area contributed by atoms with Gasteiger partial charge in [0.15, 0.2) is 15.6 Å². The number of hydrogen-bond donors (Lipinski definition) is 1. The SMILES string of the molecule is CC(C)S(=O)(=O)CCC(=O)C1CCCCN1. The predicted octanol–water partition coefficient (Wildman–Crippen LogP) is 0.911. The van der Waals surface area contributed by atoms with Gasteiger partial charge in [-0.15, -0.1) is 0 Å². The molecule has 1 aliphatic rings.